The highest BCUT2D eigenvalue weighted by atomic mass is 16.2. The summed E-state index contributed by atoms with van der Waals surface area (Å²) in [4.78, 5) is 27.2. The summed E-state index contributed by atoms with van der Waals surface area (Å²) < 4.78 is 0. The second-order valence-electron chi connectivity index (χ2n) is 7.46. The van der Waals surface area contributed by atoms with E-state index in [9.17, 15) is 9.59 Å². The summed E-state index contributed by atoms with van der Waals surface area (Å²) in [5.74, 6) is -0.364. The summed E-state index contributed by atoms with van der Waals surface area (Å²) >= 11 is 0. The molecule has 0 saturated carbocycles. The van der Waals surface area contributed by atoms with E-state index in [4.69, 9.17) is 0 Å². The van der Waals surface area contributed by atoms with Crippen molar-refractivity contribution in [2.45, 2.75) is 33.2 Å². The summed E-state index contributed by atoms with van der Waals surface area (Å²) in [6.45, 7) is 7.25. The van der Waals surface area contributed by atoms with Crippen molar-refractivity contribution in [1.82, 2.24) is 10.6 Å². The zero-order valence-corrected chi connectivity index (χ0v) is 17.2. The van der Waals surface area contributed by atoms with E-state index in [1.165, 1.54) is 0 Å². The highest BCUT2D eigenvalue weighted by Gasteiger charge is 2.24. The topological polar surface area (TPSA) is 61.4 Å². The van der Waals surface area contributed by atoms with Crippen molar-refractivity contribution in [3.8, 4) is 0 Å². The standard InChI is InChI=1S/C23H31N3O2/c1-17(2)21(25-22(27)19-13-11-18(3)12-14-19)23(28)24-15-8-16-26(4)20-9-6-5-7-10-20/h5-7,9-14,17,21H,8,15-16H2,1-4H3,(H,24,28)(H,25,27). The van der Waals surface area contributed by atoms with Crippen molar-refractivity contribution in [3.63, 3.8) is 0 Å². The molecule has 2 amide bonds. The van der Waals surface area contributed by atoms with E-state index in [2.05, 4.69) is 27.7 Å². The highest BCUT2D eigenvalue weighted by molar-refractivity contribution is 5.97. The molecule has 0 aromatic heterocycles. The third-order valence-corrected chi connectivity index (χ3v) is 4.72. The number of hydrogen-bond acceptors (Lipinski definition) is 3. The van der Waals surface area contributed by atoms with Crippen LogP contribution >= 0.6 is 0 Å². The van der Waals surface area contributed by atoms with Crippen LogP contribution < -0.4 is 15.5 Å². The molecule has 0 spiro atoms. The van der Waals surface area contributed by atoms with Crippen LogP contribution in [0.1, 0.15) is 36.2 Å². The van der Waals surface area contributed by atoms with Gasteiger partial charge in [-0.1, -0.05) is 49.7 Å². The number of carbonyl (C=O) groups is 2. The van der Waals surface area contributed by atoms with Crippen molar-refractivity contribution in [3.05, 3.63) is 65.7 Å². The lowest BCUT2D eigenvalue weighted by atomic mass is 10.0. The maximum absolute atomic E-state index is 12.6. The molecule has 0 fully saturated rings. The van der Waals surface area contributed by atoms with Gasteiger partial charge in [-0.3, -0.25) is 9.59 Å². The molecule has 2 aromatic carbocycles. The summed E-state index contributed by atoms with van der Waals surface area (Å²) in [5.41, 5.74) is 2.81. The monoisotopic (exact) mass is 381 g/mol. The predicted octanol–water partition coefficient (Wildman–Crippen LogP) is 3.39. The molecule has 0 bridgehead atoms. The third kappa shape index (κ3) is 6.41. The van der Waals surface area contributed by atoms with Crippen LogP contribution in [0.3, 0.4) is 0 Å². The van der Waals surface area contributed by atoms with Gasteiger partial charge in [-0.25, -0.2) is 0 Å². The van der Waals surface area contributed by atoms with Gasteiger partial charge >= 0.3 is 0 Å². The third-order valence-electron chi connectivity index (χ3n) is 4.72. The Morgan fingerprint density at radius 1 is 1.00 bits per heavy atom. The van der Waals surface area contributed by atoms with Crippen molar-refractivity contribution in [1.29, 1.82) is 0 Å². The Hall–Kier alpha value is -2.82. The van der Waals surface area contributed by atoms with Crippen LogP contribution in [0.4, 0.5) is 5.69 Å². The van der Waals surface area contributed by atoms with Crippen LogP contribution in [0.15, 0.2) is 54.6 Å². The largest absolute Gasteiger partial charge is 0.375 e. The number of nitrogens with one attached hydrogen (secondary N) is 2. The molecule has 28 heavy (non-hydrogen) atoms. The normalized spacial score (nSPS) is 11.8. The molecule has 5 heteroatoms. The van der Waals surface area contributed by atoms with E-state index in [1.807, 2.05) is 58.2 Å². The molecule has 2 rings (SSSR count). The molecule has 1 unspecified atom stereocenters. The van der Waals surface area contributed by atoms with E-state index < -0.39 is 6.04 Å². The minimum Gasteiger partial charge on any atom is -0.375 e. The quantitative estimate of drug-likeness (QED) is 0.655. The summed E-state index contributed by atoms with van der Waals surface area (Å²) in [6, 6.07) is 16.9. The average molecular weight is 382 g/mol. The molecular weight excluding hydrogens is 350 g/mol. The van der Waals surface area contributed by atoms with Crippen molar-refractivity contribution in [2.24, 2.45) is 5.92 Å². The fraction of sp³-hybridized carbons (Fsp3) is 0.391. The van der Waals surface area contributed by atoms with Gasteiger partial charge < -0.3 is 15.5 Å². The molecule has 0 aliphatic carbocycles. The van der Waals surface area contributed by atoms with Crippen LogP contribution in [0.2, 0.25) is 0 Å². The fourth-order valence-electron chi connectivity index (χ4n) is 2.91. The molecule has 150 valence electrons. The van der Waals surface area contributed by atoms with Gasteiger partial charge in [-0.15, -0.1) is 0 Å². The van der Waals surface area contributed by atoms with E-state index in [0.717, 1.165) is 24.2 Å². The summed E-state index contributed by atoms with van der Waals surface area (Å²) in [5, 5.41) is 5.82. The predicted molar refractivity (Wildman–Crippen MR) is 115 cm³/mol. The van der Waals surface area contributed by atoms with Gasteiger partial charge in [-0.2, -0.15) is 0 Å². The molecule has 0 heterocycles. The fourth-order valence-corrected chi connectivity index (χ4v) is 2.91. The molecule has 0 radical (unpaired) electrons. The van der Waals surface area contributed by atoms with Crippen molar-refractivity contribution >= 4 is 17.5 Å². The van der Waals surface area contributed by atoms with Gasteiger partial charge in [0.2, 0.25) is 5.91 Å². The lowest BCUT2D eigenvalue weighted by Crippen LogP contribution is -2.50. The minimum atomic E-state index is -0.555. The number of benzene rings is 2. The SMILES string of the molecule is Cc1ccc(C(=O)NC(C(=O)NCCCN(C)c2ccccc2)C(C)C)cc1. The number of nitrogens with zero attached hydrogens (tertiary/aromatic N) is 1. The molecule has 2 aromatic rings. The maximum atomic E-state index is 12.6. The Morgan fingerprint density at radius 2 is 1.64 bits per heavy atom. The van der Waals surface area contributed by atoms with Crippen LogP contribution in [-0.2, 0) is 4.79 Å². The molecule has 0 aliphatic rings. The number of rotatable bonds is 9. The van der Waals surface area contributed by atoms with E-state index in [1.54, 1.807) is 12.1 Å². The number of hydrogen-bond donors (Lipinski definition) is 2. The van der Waals surface area contributed by atoms with Gasteiger partial charge in [0.05, 0.1) is 0 Å². The van der Waals surface area contributed by atoms with Gasteiger partial charge in [0, 0.05) is 31.4 Å². The molecule has 5 nitrogen and oxygen atoms in total. The van der Waals surface area contributed by atoms with Gasteiger partial charge in [0.15, 0.2) is 0 Å². The first-order valence-electron chi connectivity index (χ1n) is 9.80. The first-order valence-corrected chi connectivity index (χ1v) is 9.80. The van der Waals surface area contributed by atoms with Gasteiger partial charge in [-0.05, 0) is 43.5 Å². The second-order valence-corrected chi connectivity index (χ2v) is 7.46. The zero-order chi connectivity index (χ0) is 20.5. The molecular formula is C23H31N3O2. The molecule has 2 N–H and O–H groups in total. The Kier molecular flexibility index (Phi) is 8.05. The maximum Gasteiger partial charge on any atom is 0.251 e. The van der Waals surface area contributed by atoms with Crippen molar-refractivity contribution in [2.75, 3.05) is 25.0 Å². The highest BCUT2D eigenvalue weighted by Crippen LogP contribution is 2.11. The van der Waals surface area contributed by atoms with Crippen LogP contribution in [0.25, 0.3) is 0 Å². The Bertz CT molecular complexity index is 757. The number of anilines is 1. The van der Waals surface area contributed by atoms with E-state index in [-0.39, 0.29) is 17.7 Å². The van der Waals surface area contributed by atoms with Gasteiger partial charge in [0.25, 0.3) is 5.91 Å². The average Bonchev–Trinajstić information content (AvgIpc) is 2.69. The Morgan fingerprint density at radius 3 is 2.25 bits per heavy atom. The Labute approximate surface area is 168 Å². The number of amides is 2. The van der Waals surface area contributed by atoms with Crippen LogP contribution in [0.5, 0.6) is 0 Å². The molecule has 0 saturated heterocycles. The number of aryl methyl sites for hydroxylation is 1. The summed E-state index contributed by atoms with van der Waals surface area (Å²) in [6.07, 6.45) is 0.827. The Balaban J connectivity index is 1.82. The van der Waals surface area contributed by atoms with Crippen LogP contribution in [-0.4, -0.2) is 38.0 Å². The number of para-hydroxylation sites is 1. The van der Waals surface area contributed by atoms with Crippen LogP contribution in [0, 0.1) is 12.8 Å². The molecule has 0 aliphatic heterocycles. The second kappa shape index (κ2) is 10.5. The zero-order valence-electron chi connectivity index (χ0n) is 17.2. The van der Waals surface area contributed by atoms with Gasteiger partial charge in [0.1, 0.15) is 6.04 Å². The summed E-state index contributed by atoms with van der Waals surface area (Å²) in [7, 11) is 2.04. The molecule has 1 atom stereocenters. The lowest BCUT2D eigenvalue weighted by molar-refractivity contribution is -0.123. The first-order chi connectivity index (χ1) is 13.4. The minimum absolute atomic E-state index is 0.00129. The van der Waals surface area contributed by atoms with E-state index in [0.29, 0.717) is 12.1 Å². The first kappa shape index (κ1) is 21.5. The van der Waals surface area contributed by atoms with Crippen molar-refractivity contribution < 1.29 is 9.59 Å². The smallest absolute Gasteiger partial charge is 0.251 e. The van der Waals surface area contributed by atoms with E-state index >= 15 is 0 Å². The number of carbonyl (C=O) groups excluding carboxylic acids is 2. The lowest BCUT2D eigenvalue weighted by Gasteiger charge is -2.23.